The normalized spacial score (nSPS) is 14.4. The maximum absolute atomic E-state index is 7.09. The first-order valence-corrected chi connectivity index (χ1v) is 7.08. The van der Waals surface area contributed by atoms with E-state index in [1.807, 2.05) is 12.1 Å². The van der Waals surface area contributed by atoms with Crippen LogP contribution in [0, 0.1) is 17.7 Å². The maximum Gasteiger partial charge on any atom is 0.0804 e. The molecule has 0 fully saturated rings. The van der Waals surface area contributed by atoms with Crippen molar-refractivity contribution in [3.63, 3.8) is 0 Å². The predicted molar refractivity (Wildman–Crippen MR) is 92.8 cm³/mol. The third-order valence-corrected chi connectivity index (χ3v) is 3.18. The van der Waals surface area contributed by atoms with Gasteiger partial charge in [-0.2, -0.15) is 0 Å². The topological polar surface area (TPSA) is 73.7 Å². The highest BCUT2D eigenvalue weighted by Crippen LogP contribution is 2.24. The monoisotopic (exact) mass is 303 g/mol. The Morgan fingerprint density at radius 2 is 1.62 bits per heavy atom. The van der Waals surface area contributed by atoms with Crippen LogP contribution in [-0.2, 0) is 5.41 Å². The lowest BCUT2D eigenvalue weighted by Crippen LogP contribution is -2.11. The van der Waals surface area contributed by atoms with Crippen molar-refractivity contribution in [2.45, 2.75) is 33.1 Å². The fourth-order valence-corrected chi connectivity index (χ4v) is 1.93. The van der Waals surface area contributed by atoms with Gasteiger partial charge < -0.3 is 5.73 Å². The summed E-state index contributed by atoms with van der Waals surface area (Å²) in [4.78, 5) is 0. The molecule has 2 rings (SSSR count). The quantitative estimate of drug-likeness (QED) is 0.476. The van der Waals surface area contributed by atoms with E-state index in [-0.39, 0.29) is 16.8 Å². The largest absolute Gasteiger partial charge is 0.399 e. The predicted octanol–water partition coefficient (Wildman–Crippen LogP) is 4.59. The van der Waals surface area contributed by atoms with Crippen LogP contribution in [0.2, 0.25) is 0 Å². The second kappa shape index (κ2) is 6.72. The number of anilines is 1. The van der Waals surface area contributed by atoms with Crippen LogP contribution in [0.3, 0.4) is 0 Å². The van der Waals surface area contributed by atoms with E-state index in [0.29, 0.717) is 5.03 Å². The van der Waals surface area contributed by atoms with Crippen molar-refractivity contribution >= 4 is 28.7 Å². The SMILES string of the molecule is Cc1cc(N)cc(C(C)(C)C)c1.N=C1C=CC(Cl)=CC1=N. The molecule has 0 aliphatic heterocycles. The number of aryl methyl sites for hydroxylation is 1. The van der Waals surface area contributed by atoms with Crippen molar-refractivity contribution in [1.82, 2.24) is 0 Å². The lowest BCUT2D eigenvalue weighted by molar-refractivity contribution is 0.590. The molecule has 1 aromatic carbocycles. The minimum atomic E-state index is 0.169. The summed E-state index contributed by atoms with van der Waals surface area (Å²) in [7, 11) is 0. The fraction of sp³-hybridized carbons (Fsp3) is 0.294. The van der Waals surface area contributed by atoms with Gasteiger partial charge in [0.2, 0.25) is 0 Å². The van der Waals surface area contributed by atoms with E-state index in [0.717, 1.165) is 5.69 Å². The second-order valence-corrected chi connectivity index (χ2v) is 6.51. The van der Waals surface area contributed by atoms with Crippen LogP contribution in [0.5, 0.6) is 0 Å². The first-order valence-electron chi connectivity index (χ1n) is 6.70. The van der Waals surface area contributed by atoms with Gasteiger partial charge in [0.25, 0.3) is 0 Å². The van der Waals surface area contributed by atoms with Crippen LogP contribution in [0.15, 0.2) is 41.5 Å². The third-order valence-electron chi connectivity index (χ3n) is 2.95. The van der Waals surface area contributed by atoms with E-state index in [1.165, 1.54) is 23.3 Å². The summed E-state index contributed by atoms with van der Waals surface area (Å²) < 4.78 is 0. The molecule has 1 aliphatic rings. The molecule has 4 heteroatoms. The first kappa shape index (κ1) is 17.2. The molecular formula is C17H22ClN3. The highest BCUT2D eigenvalue weighted by molar-refractivity contribution is 6.51. The molecule has 0 spiro atoms. The Kier molecular flexibility index (Phi) is 5.50. The van der Waals surface area contributed by atoms with Gasteiger partial charge in [0.05, 0.1) is 11.4 Å². The lowest BCUT2D eigenvalue weighted by atomic mass is 9.86. The smallest absolute Gasteiger partial charge is 0.0804 e. The Morgan fingerprint density at radius 3 is 2.05 bits per heavy atom. The van der Waals surface area contributed by atoms with Crippen molar-refractivity contribution in [3.8, 4) is 0 Å². The van der Waals surface area contributed by atoms with Crippen LogP contribution in [0.25, 0.3) is 0 Å². The van der Waals surface area contributed by atoms with Crippen LogP contribution < -0.4 is 5.73 Å². The van der Waals surface area contributed by atoms with Gasteiger partial charge in [-0.05, 0) is 53.8 Å². The Bertz CT molecular complexity index is 599. The number of nitrogens with two attached hydrogens (primary N) is 1. The number of allylic oxidation sites excluding steroid dienone is 4. The van der Waals surface area contributed by atoms with Crippen LogP contribution in [0.1, 0.15) is 31.9 Å². The number of halogens is 1. The minimum Gasteiger partial charge on any atom is -0.399 e. The van der Waals surface area contributed by atoms with Gasteiger partial charge in [-0.3, -0.25) is 10.8 Å². The van der Waals surface area contributed by atoms with Gasteiger partial charge in [-0.25, -0.2) is 0 Å². The number of benzene rings is 1. The maximum atomic E-state index is 7.09. The molecule has 0 atom stereocenters. The Labute approximate surface area is 131 Å². The van der Waals surface area contributed by atoms with Crippen LogP contribution >= 0.6 is 11.6 Å². The number of hydrogen-bond acceptors (Lipinski definition) is 3. The molecule has 0 bridgehead atoms. The van der Waals surface area contributed by atoms with E-state index >= 15 is 0 Å². The summed E-state index contributed by atoms with van der Waals surface area (Å²) in [5.41, 5.74) is 9.73. The third kappa shape index (κ3) is 5.56. The highest BCUT2D eigenvalue weighted by atomic mass is 35.5. The van der Waals surface area contributed by atoms with Crippen molar-refractivity contribution in [2.75, 3.05) is 5.73 Å². The molecule has 0 saturated carbocycles. The van der Waals surface area contributed by atoms with E-state index in [4.69, 9.17) is 28.2 Å². The van der Waals surface area contributed by atoms with Gasteiger partial charge in [0.1, 0.15) is 0 Å². The van der Waals surface area contributed by atoms with Crippen molar-refractivity contribution < 1.29 is 0 Å². The zero-order valence-corrected chi connectivity index (χ0v) is 13.7. The first-order chi connectivity index (χ1) is 9.59. The standard InChI is InChI=1S/C11H17N.C6H5ClN2/c1-8-5-9(11(2,3)4)7-10(12)6-8;7-4-1-2-5(8)6(9)3-4/h5-7H,12H2,1-4H3;1-3,8-9H. The summed E-state index contributed by atoms with van der Waals surface area (Å²) in [5, 5.41) is 14.7. The van der Waals surface area contributed by atoms with Crippen molar-refractivity contribution in [3.05, 3.63) is 52.6 Å². The molecule has 0 saturated heterocycles. The fourth-order valence-electron chi connectivity index (χ4n) is 1.76. The van der Waals surface area contributed by atoms with Gasteiger partial charge >= 0.3 is 0 Å². The highest BCUT2D eigenvalue weighted by Gasteiger charge is 2.13. The molecule has 0 radical (unpaired) electrons. The number of rotatable bonds is 0. The van der Waals surface area contributed by atoms with Crippen molar-refractivity contribution in [1.29, 1.82) is 10.8 Å². The Morgan fingerprint density at radius 1 is 1.00 bits per heavy atom. The van der Waals surface area contributed by atoms with Gasteiger partial charge in [-0.15, -0.1) is 0 Å². The molecule has 0 aromatic heterocycles. The second-order valence-electron chi connectivity index (χ2n) is 6.07. The Balaban J connectivity index is 0.000000219. The molecular weight excluding hydrogens is 282 g/mol. The average molecular weight is 304 g/mol. The number of nitrogens with one attached hydrogen (secondary N) is 2. The molecule has 0 heterocycles. The van der Waals surface area contributed by atoms with E-state index in [9.17, 15) is 0 Å². The molecule has 0 unspecified atom stereocenters. The van der Waals surface area contributed by atoms with E-state index in [2.05, 4.69) is 33.8 Å². The van der Waals surface area contributed by atoms with Crippen molar-refractivity contribution in [2.24, 2.45) is 0 Å². The van der Waals surface area contributed by atoms with Crippen LogP contribution in [-0.4, -0.2) is 11.4 Å². The number of hydrogen-bond donors (Lipinski definition) is 3. The minimum absolute atomic E-state index is 0.169. The summed E-state index contributed by atoms with van der Waals surface area (Å²) in [6.45, 7) is 8.66. The zero-order chi connectivity index (χ0) is 16.2. The summed E-state index contributed by atoms with van der Waals surface area (Å²) >= 11 is 5.51. The van der Waals surface area contributed by atoms with Gasteiger partial charge in [0.15, 0.2) is 0 Å². The van der Waals surface area contributed by atoms with Crippen LogP contribution in [0.4, 0.5) is 5.69 Å². The molecule has 0 amide bonds. The molecule has 112 valence electrons. The molecule has 4 N–H and O–H groups in total. The average Bonchev–Trinajstić information content (AvgIpc) is 2.33. The summed E-state index contributed by atoms with van der Waals surface area (Å²) in [6, 6.07) is 6.23. The molecule has 1 aliphatic carbocycles. The molecule has 3 nitrogen and oxygen atoms in total. The number of nitrogen functional groups attached to an aromatic ring is 1. The van der Waals surface area contributed by atoms with Gasteiger partial charge in [0, 0.05) is 10.7 Å². The summed E-state index contributed by atoms with van der Waals surface area (Å²) in [5.74, 6) is 0. The lowest BCUT2D eigenvalue weighted by Gasteiger charge is -2.19. The van der Waals surface area contributed by atoms with E-state index in [1.54, 1.807) is 6.08 Å². The Hall–Kier alpha value is -1.87. The summed E-state index contributed by atoms with van der Waals surface area (Å²) in [6.07, 6.45) is 4.55. The van der Waals surface area contributed by atoms with E-state index < -0.39 is 0 Å². The molecule has 1 aromatic rings. The van der Waals surface area contributed by atoms with Gasteiger partial charge in [-0.1, -0.05) is 38.4 Å². The zero-order valence-electron chi connectivity index (χ0n) is 12.9. The molecule has 21 heavy (non-hydrogen) atoms.